The summed E-state index contributed by atoms with van der Waals surface area (Å²) < 4.78 is 0. The van der Waals surface area contributed by atoms with Gasteiger partial charge in [0.1, 0.15) is 0 Å². The number of benzene rings is 3. The number of rotatable bonds is 13. The van der Waals surface area contributed by atoms with Gasteiger partial charge in [-0.15, -0.1) is 0 Å². The van der Waals surface area contributed by atoms with Crippen LogP contribution in [0.3, 0.4) is 0 Å². The first-order valence-electron chi connectivity index (χ1n) is 12.2. The summed E-state index contributed by atoms with van der Waals surface area (Å²) in [5.74, 6) is -0.910. The van der Waals surface area contributed by atoms with Crippen molar-refractivity contribution in [2.75, 3.05) is 23.1 Å². The Morgan fingerprint density at radius 2 is 1.44 bits per heavy atom. The minimum Gasteiger partial charge on any atom is -0.395 e. The molecule has 0 atom stereocenters. The fourth-order valence-electron chi connectivity index (χ4n) is 4.13. The number of hydroxylamine groups is 1. The molecule has 8 heteroatoms. The molecule has 3 aromatic rings. The van der Waals surface area contributed by atoms with E-state index in [0.717, 1.165) is 34.9 Å². The Bertz CT molecular complexity index is 1170. The Morgan fingerprint density at radius 1 is 0.778 bits per heavy atom. The predicted molar refractivity (Wildman–Crippen MR) is 140 cm³/mol. The minimum absolute atomic E-state index is 0.105. The van der Waals surface area contributed by atoms with Gasteiger partial charge in [0, 0.05) is 24.8 Å². The van der Waals surface area contributed by atoms with Crippen LogP contribution in [0.1, 0.15) is 44.1 Å². The van der Waals surface area contributed by atoms with Crippen molar-refractivity contribution in [3.63, 3.8) is 0 Å². The highest BCUT2D eigenvalue weighted by Crippen LogP contribution is 2.27. The third kappa shape index (κ3) is 7.37. The summed E-state index contributed by atoms with van der Waals surface area (Å²) in [5, 5.41) is 22.4. The number of aliphatic hydroxyl groups is 1. The van der Waals surface area contributed by atoms with Crippen LogP contribution in [-0.2, 0) is 20.8 Å². The van der Waals surface area contributed by atoms with Crippen LogP contribution >= 0.6 is 0 Å². The van der Waals surface area contributed by atoms with Gasteiger partial charge in [-0.3, -0.25) is 19.6 Å². The molecule has 0 aromatic heterocycles. The van der Waals surface area contributed by atoms with E-state index >= 15 is 0 Å². The van der Waals surface area contributed by atoms with Crippen molar-refractivity contribution in [3.8, 4) is 0 Å². The normalized spacial score (nSPS) is 10.8. The van der Waals surface area contributed by atoms with Crippen LogP contribution in [-0.4, -0.2) is 41.2 Å². The first-order chi connectivity index (χ1) is 17.4. The van der Waals surface area contributed by atoms with Crippen LogP contribution in [0.4, 0.5) is 11.4 Å². The summed E-state index contributed by atoms with van der Waals surface area (Å²) in [4.78, 5) is 37.8. The number of carbonyl (C=O) groups excluding carboxylic acids is 3. The third-order valence-electron chi connectivity index (χ3n) is 6.02. The summed E-state index contributed by atoms with van der Waals surface area (Å²) in [7, 11) is 0. The number of fused-ring (bicyclic) bond motifs is 1. The first-order valence-corrected chi connectivity index (χ1v) is 12.2. The Kier molecular flexibility index (Phi) is 9.97. The fourth-order valence-corrected chi connectivity index (χ4v) is 4.13. The van der Waals surface area contributed by atoms with Crippen LogP contribution in [0.2, 0.25) is 0 Å². The molecule has 0 aliphatic rings. The predicted octanol–water partition coefficient (Wildman–Crippen LogP) is 3.96. The number of hydrogen-bond donors (Lipinski definition) is 3. The van der Waals surface area contributed by atoms with Crippen LogP contribution in [0, 0.1) is 0 Å². The van der Waals surface area contributed by atoms with E-state index < -0.39 is 5.91 Å². The van der Waals surface area contributed by atoms with Gasteiger partial charge in [-0.25, -0.2) is 0 Å². The molecular formula is C28H33N3O5. The van der Waals surface area contributed by atoms with Gasteiger partial charge in [-0.05, 0) is 42.0 Å². The molecule has 8 nitrogen and oxygen atoms in total. The summed E-state index contributed by atoms with van der Waals surface area (Å²) >= 11 is 0. The summed E-state index contributed by atoms with van der Waals surface area (Å²) in [6, 6.07) is 20.1. The summed E-state index contributed by atoms with van der Waals surface area (Å²) in [5.41, 5.74) is 6.90. The standard InChI is InChI=1S/C28H33N3O5/c29-26(33)12-3-1-2-4-13-27(34)31(36)23-16-14-21(15-17-23)20-28(35)30(18-19-32)25-11-7-9-22-8-5-6-10-24(22)25/h5-11,14-17,32,36H,1-4,12-13,18-20H2,(H2,29,33). The molecule has 0 unspecified atom stereocenters. The molecular weight excluding hydrogens is 458 g/mol. The van der Waals surface area contributed by atoms with Gasteiger partial charge in [0.25, 0.3) is 5.91 Å². The quantitative estimate of drug-likeness (QED) is 0.190. The van der Waals surface area contributed by atoms with Crippen molar-refractivity contribution in [2.24, 2.45) is 5.73 Å². The lowest BCUT2D eigenvalue weighted by molar-refractivity contribution is -0.124. The molecule has 0 heterocycles. The van der Waals surface area contributed by atoms with E-state index in [4.69, 9.17) is 5.73 Å². The number of carbonyl (C=O) groups is 3. The number of unbranched alkanes of at least 4 members (excludes halogenated alkanes) is 3. The van der Waals surface area contributed by atoms with Gasteiger partial charge in [0.2, 0.25) is 11.8 Å². The summed E-state index contributed by atoms with van der Waals surface area (Å²) in [6.07, 6.45) is 3.52. The maximum Gasteiger partial charge on any atom is 0.250 e. The van der Waals surface area contributed by atoms with Gasteiger partial charge in [-0.1, -0.05) is 61.4 Å². The average Bonchev–Trinajstić information content (AvgIpc) is 2.88. The number of anilines is 2. The van der Waals surface area contributed by atoms with Crippen LogP contribution in [0.25, 0.3) is 10.8 Å². The number of nitrogens with two attached hydrogens (primary N) is 1. The van der Waals surface area contributed by atoms with Crippen molar-refractivity contribution in [3.05, 3.63) is 72.3 Å². The molecule has 0 fully saturated rings. The number of primary amides is 1. The lowest BCUT2D eigenvalue weighted by atomic mass is 10.1. The highest BCUT2D eigenvalue weighted by Gasteiger charge is 2.19. The molecule has 3 rings (SSSR count). The molecule has 190 valence electrons. The van der Waals surface area contributed by atoms with Gasteiger partial charge < -0.3 is 15.7 Å². The van der Waals surface area contributed by atoms with Crippen molar-refractivity contribution < 1.29 is 24.7 Å². The molecule has 4 N–H and O–H groups in total. The number of amides is 3. The van der Waals surface area contributed by atoms with Crippen LogP contribution < -0.4 is 15.7 Å². The molecule has 0 aliphatic carbocycles. The van der Waals surface area contributed by atoms with Crippen LogP contribution in [0.15, 0.2) is 66.7 Å². The zero-order valence-electron chi connectivity index (χ0n) is 20.3. The highest BCUT2D eigenvalue weighted by atomic mass is 16.5. The Labute approximate surface area is 210 Å². The molecule has 0 spiro atoms. The molecule has 0 saturated carbocycles. The second-order valence-corrected chi connectivity index (χ2v) is 8.70. The molecule has 0 bridgehead atoms. The Balaban J connectivity index is 1.59. The monoisotopic (exact) mass is 491 g/mol. The number of aliphatic hydroxyl groups excluding tert-OH is 1. The number of nitrogens with zero attached hydrogens (tertiary/aromatic N) is 2. The van der Waals surface area contributed by atoms with E-state index in [0.29, 0.717) is 30.0 Å². The first kappa shape index (κ1) is 26.8. The smallest absolute Gasteiger partial charge is 0.250 e. The maximum absolute atomic E-state index is 13.2. The lowest BCUT2D eigenvalue weighted by Gasteiger charge is -2.24. The van der Waals surface area contributed by atoms with Crippen molar-refractivity contribution >= 4 is 39.9 Å². The lowest BCUT2D eigenvalue weighted by Crippen LogP contribution is -2.35. The van der Waals surface area contributed by atoms with E-state index in [1.165, 1.54) is 0 Å². The van der Waals surface area contributed by atoms with E-state index in [1.54, 1.807) is 29.2 Å². The maximum atomic E-state index is 13.2. The fraction of sp³-hybridized carbons (Fsp3) is 0.321. The second kappa shape index (κ2) is 13.4. The largest absolute Gasteiger partial charge is 0.395 e. The molecule has 36 heavy (non-hydrogen) atoms. The molecule has 0 saturated heterocycles. The van der Waals surface area contributed by atoms with Gasteiger partial charge in [0.05, 0.1) is 24.4 Å². The van der Waals surface area contributed by atoms with E-state index in [2.05, 4.69) is 0 Å². The zero-order valence-corrected chi connectivity index (χ0v) is 20.3. The van der Waals surface area contributed by atoms with Crippen molar-refractivity contribution in [2.45, 2.75) is 44.9 Å². The molecule has 0 aliphatic heterocycles. The van der Waals surface area contributed by atoms with Gasteiger partial charge in [-0.2, -0.15) is 5.06 Å². The van der Waals surface area contributed by atoms with Gasteiger partial charge >= 0.3 is 0 Å². The topological polar surface area (TPSA) is 124 Å². The van der Waals surface area contributed by atoms with E-state index in [1.807, 2.05) is 42.5 Å². The Hall–Kier alpha value is -3.75. The Morgan fingerprint density at radius 3 is 2.14 bits per heavy atom. The molecule has 0 radical (unpaired) electrons. The van der Waals surface area contributed by atoms with E-state index in [9.17, 15) is 24.7 Å². The number of hydrogen-bond acceptors (Lipinski definition) is 5. The average molecular weight is 492 g/mol. The second-order valence-electron chi connectivity index (χ2n) is 8.70. The zero-order chi connectivity index (χ0) is 25.9. The summed E-state index contributed by atoms with van der Waals surface area (Å²) in [6.45, 7) is 0.00694. The third-order valence-corrected chi connectivity index (χ3v) is 6.02. The van der Waals surface area contributed by atoms with Gasteiger partial charge in [0.15, 0.2) is 0 Å². The molecule has 3 amide bonds. The van der Waals surface area contributed by atoms with Crippen molar-refractivity contribution in [1.82, 2.24) is 0 Å². The van der Waals surface area contributed by atoms with Crippen LogP contribution in [0.5, 0.6) is 0 Å². The van der Waals surface area contributed by atoms with Crippen molar-refractivity contribution in [1.29, 1.82) is 0 Å². The minimum atomic E-state index is -0.418. The highest BCUT2D eigenvalue weighted by molar-refractivity contribution is 6.04. The molecule has 3 aromatic carbocycles. The SMILES string of the molecule is NC(=O)CCCCCCC(=O)N(O)c1ccc(CC(=O)N(CCO)c2cccc3ccccc23)cc1. The van der Waals surface area contributed by atoms with E-state index in [-0.39, 0.29) is 37.8 Å².